The van der Waals surface area contributed by atoms with E-state index in [4.69, 9.17) is 0 Å². The molecule has 1 aromatic rings. The molecule has 0 saturated carbocycles. The molecule has 92 valence electrons. The van der Waals surface area contributed by atoms with Gasteiger partial charge in [-0.2, -0.15) is 0 Å². The number of rotatable bonds is 3. The Balaban J connectivity index is 0.00000121. The maximum atomic E-state index is 3.86. The summed E-state index contributed by atoms with van der Waals surface area (Å²) < 4.78 is 0. The molecule has 0 heteroatoms. The molecular formula is C17H24. The Morgan fingerprint density at radius 3 is 2.00 bits per heavy atom. The lowest BCUT2D eigenvalue weighted by atomic mass is 10.0. The molecule has 0 bridgehead atoms. The first-order chi connectivity index (χ1) is 8.13. The zero-order valence-electron chi connectivity index (χ0n) is 11.7. The summed E-state index contributed by atoms with van der Waals surface area (Å²) in [5.41, 5.74) is 4.85. The van der Waals surface area contributed by atoms with Crippen LogP contribution in [0.4, 0.5) is 0 Å². The van der Waals surface area contributed by atoms with Crippen molar-refractivity contribution in [2.24, 2.45) is 0 Å². The lowest BCUT2D eigenvalue weighted by Crippen LogP contribution is -1.81. The predicted octanol–water partition coefficient (Wildman–Crippen LogP) is 5.56. The van der Waals surface area contributed by atoms with E-state index < -0.39 is 0 Å². The van der Waals surface area contributed by atoms with E-state index in [2.05, 4.69) is 56.8 Å². The second-order valence-electron chi connectivity index (χ2n) is 3.79. The third-order valence-corrected chi connectivity index (χ3v) is 2.24. The molecular weight excluding hydrogens is 204 g/mol. The van der Waals surface area contributed by atoms with Crippen LogP contribution in [0.5, 0.6) is 0 Å². The molecule has 17 heavy (non-hydrogen) atoms. The fourth-order valence-electron chi connectivity index (χ4n) is 1.34. The highest BCUT2D eigenvalue weighted by atomic mass is 14.0. The van der Waals surface area contributed by atoms with Gasteiger partial charge in [0, 0.05) is 0 Å². The molecule has 0 saturated heterocycles. The van der Waals surface area contributed by atoms with Crippen LogP contribution >= 0.6 is 0 Å². The van der Waals surface area contributed by atoms with Gasteiger partial charge in [0.05, 0.1) is 0 Å². The summed E-state index contributed by atoms with van der Waals surface area (Å²) in [6.07, 6.45) is 6.26. The van der Waals surface area contributed by atoms with Crippen molar-refractivity contribution >= 4 is 5.57 Å². The highest BCUT2D eigenvalue weighted by molar-refractivity contribution is 5.74. The normalized spacial score (nSPS) is 11.0. The molecule has 0 nitrogen and oxygen atoms in total. The van der Waals surface area contributed by atoms with E-state index in [0.29, 0.717) is 0 Å². The zero-order chi connectivity index (χ0) is 13.3. The molecule has 0 spiro atoms. The molecule has 0 radical (unpaired) electrons. The van der Waals surface area contributed by atoms with E-state index >= 15 is 0 Å². The van der Waals surface area contributed by atoms with Gasteiger partial charge in [0.15, 0.2) is 0 Å². The van der Waals surface area contributed by atoms with Crippen LogP contribution < -0.4 is 0 Å². The molecule has 0 N–H and O–H groups in total. The van der Waals surface area contributed by atoms with Crippen LogP contribution in [-0.2, 0) is 0 Å². The fourth-order valence-corrected chi connectivity index (χ4v) is 1.34. The Morgan fingerprint density at radius 1 is 1.06 bits per heavy atom. The van der Waals surface area contributed by atoms with Crippen LogP contribution in [0.15, 0.2) is 54.6 Å². The van der Waals surface area contributed by atoms with Crippen LogP contribution in [0.1, 0.15) is 38.8 Å². The molecule has 1 rings (SSSR count). The highest BCUT2D eigenvalue weighted by Crippen LogP contribution is 2.16. The molecule has 0 amide bonds. The Morgan fingerprint density at radius 2 is 1.59 bits per heavy atom. The average Bonchev–Trinajstić information content (AvgIpc) is 2.34. The van der Waals surface area contributed by atoms with Gasteiger partial charge < -0.3 is 0 Å². The number of benzene rings is 1. The van der Waals surface area contributed by atoms with E-state index in [1.165, 1.54) is 16.7 Å². The molecule has 0 atom stereocenters. The number of allylic oxidation sites excluding steroid dienone is 5. The molecule has 0 heterocycles. The summed E-state index contributed by atoms with van der Waals surface area (Å²) in [6.45, 7) is 14.0. The van der Waals surface area contributed by atoms with Gasteiger partial charge in [-0.25, -0.2) is 0 Å². The van der Waals surface area contributed by atoms with E-state index in [1.54, 1.807) is 0 Å². The van der Waals surface area contributed by atoms with Crippen LogP contribution in [0.25, 0.3) is 5.57 Å². The summed E-state index contributed by atoms with van der Waals surface area (Å²) in [4.78, 5) is 0. The Labute approximate surface area is 106 Å². The van der Waals surface area contributed by atoms with E-state index in [9.17, 15) is 0 Å². The van der Waals surface area contributed by atoms with E-state index in [1.807, 2.05) is 26.8 Å². The first kappa shape index (κ1) is 15.4. The third-order valence-electron chi connectivity index (χ3n) is 2.24. The first-order valence-electron chi connectivity index (χ1n) is 6.20. The maximum absolute atomic E-state index is 3.86. The topological polar surface area (TPSA) is 0 Å². The molecule has 0 aromatic heterocycles. The van der Waals surface area contributed by atoms with Gasteiger partial charge in [0.1, 0.15) is 0 Å². The van der Waals surface area contributed by atoms with E-state index in [0.717, 1.165) is 5.57 Å². The highest BCUT2D eigenvalue weighted by Gasteiger charge is 1.95. The summed E-state index contributed by atoms with van der Waals surface area (Å²) in [5.74, 6) is 0. The number of hydrogen-bond acceptors (Lipinski definition) is 0. The minimum atomic E-state index is 1.07. The summed E-state index contributed by atoms with van der Waals surface area (Å²) in [6, 6.07) is 8.56. The lowest BCUT2D eigenvalue weighted by Gasteiger charge is -2.02. The largest absolute Gasteiger partial charge is 0.0961 e. The van der Waals surface area contributed by atoms with Crippen LogP contribution in [0, 0.1) is 6.92 Å². The molecule has 0 aliphatic rings. The quantitative estimate of drug-likeness (QED) is 0.594. The Hall–Kier alpha value is -1.56. The molecule has 0 unspecified atom stereocenters. The van der Waals surface area contributed by atoms with Gasteiger partial charge in [0.25, 0.3) is 0 Å². The number of hydrogen-bond donors (Lipinski definition) is 0. The van der Waals surface area contributed by atoms with Crippen LogP contribution in [-0.4, -0.2) is 0 Å². The lowest BCUT2D eigenvalue weighted by molar-refractivity contribution is 1.45. The number of aryl methyl sites for hydroxylation is 1. The fraction of sp³-hybridized carbons (Fsp3) is 0.294. The average molecular weight is 228 g/mol. The summed E-state index contributed by atoms with van der Waals surface area (Å²) >= 11 is 0. The Bertz CT molecular complexity index is 389. The van der Waals surface area contributed by atoms with Gasteiger partial charge in [-0.1, -0.05) is 74.1 Å². The van der Waals surface area contributed by atoms with Crippen LogP contribution in [0.3, 0.4) is 0 Å². The summed E-state index contributed by atoms with van der Waals surface area (Å²) in [7, 11) is 0. The SMILES string of the molecule is C=C(C)/C=C\C(=C/C)c1ccc(C)cc1.CC. The summed E-state index contributed by atoms with van der Waals surface area (Å²) in [5, 5.41) is 0. The monoisotopic (exact) mass is 228 g/mol. The predicted molar refractivity (Wildman–Crippen MR) is 80.1 cm³/mol. The van der Waals surface area contributed by atoms with Gasteiger partial charge >= 0.3 is 0 Å². The molecule has 0 aliphatic carbocycles. The van der Waals surface area contributed by atoms with Crippen molar-refractivity contribution < 1.29 is 0 Å². The first-order valence-corrected chi connectivity index (χ1v) is 6.20. The van der Waals surface area contributed by atoms with Gasteiger partial charge in [-0.3, -0.25) is 0 Å². The minimum absolute atomic E-state index is 1.07. The molecule has 0 aliphatic heterocycles. The van der Waals surface area contributed by atoms with Crippen molar-refractivity contribution in [1.29, 1.82) is 0 Å². The van der Waals surface area contributed by atoms with Crippen molar-refractivity contribution in [3.8, 4) is 0 Å². The van der Waals surface area contributed by atoms with Crippen molar-refractivity contribution in [2.45, 2.75) is 34.6 Å². The van der Waals surface area contributed by atoms with Gasteiger partial charge in [-0.05, 0) is 31.9 Å². The van der Waals surface area contributed by atoms with E-state index in [-0.39, 0.29) is 0 Å². The van der Waals surface area contributed by atoms with Crippen molar-refractivity contribution in [2.75, 3.05) is 0 Å². The van der Waals surface area contributed by atoms with Crippen molar-refractivity contribution in [1.82, 2.24) is 0 Å². The second kappa shape index (κ2) is 8.58. The molecule has 0 fully saturated rings. The Kier molecular flexibility index (Phi) is 7.79. The molecule has 1 aromatic carbocycles. The minimum Gasteiger partial charge on any atom is -0.0961 e. The van der Waals surface area contributed by atoms with Crippen molar-refractivity contribution in [3.05, 3.63) is 65.8 Å². The zero-order valence-corrected chi connectivity index (χ0v) is 11.7. The second-order valence-corrected chi connectivity index (χ2v) is 3.79. The third kappa shape index (κ3) is 5.91. The van der Waals surface area contributed by atoms with Crippen molar-refractivity contribution in [3.63, 3.8) is 0 Å². The van der Waals surface area contributed by atoms with Crippen LogP contribution in [0.2, 0.25) is 0 Å². The standard InChI is InChI=1S/C15H18.C2H6/c1-5-14(9-6-12(2)3)15-10-7-13(4)8-11-15;1-2/h5-11H,2H2,1,3-4H3;1-2H3/b9-6-,14-5+;. The van der Waals surface area contributed by atoms with Gasteiger partial charge in [0.2, 0.25) is 0 Å². The smallest absolute Gasteiger partial charge is 0.0187 e. The maximum Gasteiger partial charge on any atom is -0.0187 e. The van der Waals surface area contributed by atoms with Gasteiger partial charge in [-0.15, -0.1) is 0 Å².